The largest absolute Gasteiger partial charge is 0.511 e. The molecule has 68 heavy (non-hydrogen) atoms. The van der Waals surface area contributed by atoms with Gasteiger partial charge in [-0.1, -0.05) is 44.3 Å². The summed E-state index contributed by atoms with van der Waals surface area (Å²) in [7, 11) is 0. The Morgan fingerprint density at radius 3 is 1.38 bits per heavy atom. The zero-order valence-electron chi connectivity index (χ0n) is 43.1. The van der Waals surface area contributed by atoms with Gasteiger partial charge in [0.25, 0.3) is 0 Å². The molecule has 2 unspecified atom stereocenters. The summed E-state index contributed by atoms with van der Waals surface area (Å²) >= 11 is 0. The Balaban J connectivity index is 0.000000454. The molecule has 2 heterocycles. The molecule has 0 aromatic heterocycles. The molecule has 0 radical (unpaired) electrons. The predicted molar refractivity (Wildman–Crippen MR) is 262 cm³/mol. The van der Waals surface area contributed by atoms with Crippen LogP contribution >= 0.6 is 0 Å². The molecule has 2 aromatic rings. The van der Waals surface area contributed by atoms with Crippen LogP contribution < -0.4 is 20.9 Å². The third kappa shape index (κ3) is 24.4. The monoisotopic (exact) mass is 969 g/mol. The molecular weight excluding hydrogens is 881 g/mol. The summed E-state index contributed by atoms with van der Waals surface area (Å²) in [6.07, 6.45) is -9.52. The molecule has 0 amide bonds. The molecule has 12 N–H and O–H groups in total. The SMILES string of the molecule is C=C(O)[C@@H](N)Cc1ccc(OC(C)(C)C)cc1.C=C(OCC)[C@@H](N)Cc1ccc(OC(C)(C)C)cc1.CC(C)(C)OC[C@H]1OC(O)[C@H](O)[C@@H](O)[C@@H]1O.CC[C@H]1OC(O)[C@H](O)[C@@H](OC(C)(C)C)[C@@H]1O. The van der Waals surface area contributed by atoms with Crippen LogP contribution in [0.4, 0.5) is 0 Å². The average Bonchev–Trinajstić information content (AvgIpc) is 3.21. The van der Waals surface area contributed by atoms with Crippen LogP contribution in [-0.4, -0.2) is 150 Å². The number of aliphatic hydroxyl groups is 8. The van der Waals surface area contributed by atoms with Gasteiger partial charge in [-0.15, -0.1) is 0 Å². The van der Waals surface area contributed by atoms with Crippen LogP contribution in [0.5, 0.6) is 11.5 Å². The van der Waals surface area contributed by atoms with Crippen molar-refractivity contribution in [2.75, 3.05) is 13.2 Å². The first kappa shape index (κ1) is 62.6. The summed E-state index contributed by atoms with van der Waals surface area (Å²) < 4.78 is 37.8. The molecule has 2 aliphatic rings. The van der Waals surface area contributed by atoms with E-state index in [1.807, 2.05) is 145 Å². The van der Waals surface area contributed by atoms with E-state index in [1.165, 1.54) is 0 Å². The van der Waals surface area contributed by atoms with E-state index < -0.39 is 78.7 Å². The summed E-state index contributed by atoms with van der Waals surface area (Å²) in [5.41, 5.74) is 12.6. The van der Waals surface area contributed by atoms with Crippen molar-refractivity contribution in [1.82, 2.24) is 0 Å². The Morgan fingerprint density at radius 1 is 0.574 bits per heavy atom. The normalized spacial score (nSPS) is 26.2. The smallest absolute Gasteiger partial charge is 0.184 e. The first-order valence-electron chi connectivity index (χ1n) is 23.2. The molecule has 0 spiro atoms. The van der Waals surface area contributed by atoms with Gasteiger partial charge < -0.3 is 85.5 Å². The molecule has 2 saturated heterocycles. The number of hydrogen-bond acceptors (Lipinski definition) is 17. The number of nitrogens with two attached hydrogens (primary N) is 2. The fourth-order valence-corrected chi connectivity index (χ4v) is 6.33. The van der Waals surface area contributed by atoms with Crippen molar-refractivity contribution >= 4 is 0 Å². The van der Waals surface area contributed by atoms with Gasteiger partial charge in [0.05, 0.1) is 42.6 Å². The van der Waals surface area contributed by atoms with Gasteiger partial charge in [0, 0.05) is 0 Å². The van der Waals surface area contributed by atoms with Crippen molar-refractivity contribution in [3.63, 3.8) is 0 Å². The lowest BCUT2D eigenvalue weighted by Crippen LogP contribution is -2.59. The maximum absolute atomic E-state index is 9.96. The summed E-state index contributed by atoms with van der Waals surface area (Å²) in [5, 5.41) is 75.9. The van der Waals surface area contributed by atoms with E-state index in [2.05, 4.69) is 13.2 Å². The second kappa shape index (κ2) is 27.8. The fourth-order valence-electron chi connectivity index (χ4n) is 6.33. The minimum atomic E-state index is -1.51. The van der Waals surface area contributed by atoms with Crippen molar-refractivity contribution in [3.05, 3.63) is 84.3 Å². The first-order chi connectivity index (χ1) is 31.1. The Labute approximate surface area is 405 Å². The summed E-state index contributed by atoms with van der Waals surface area (Å²) in [6.45, 7) is 34.8. The first-order valence-corrected chi connectivity index (χ1v) is 23.2. The van der Waals surface area contributed by atoms with Crippen molar-refractivity contribution in [1.29, 1.82) is 0 Å². The Morgan fingerprint density at radius 2 is 1.00 bits per heavy atom. The van der Waals surface area contributed by atoms with Crippen LogP contribution in [0.2, 0.25) is 0 Å². The Kier molecular flexibility index (Phi) is 25.6. The van der Waals surface area contributed by atoms with E-state index in [-0.39, 0.29) is 29.6 Å². The second-order valence-corrected chi connectivity index (χ2v) is 20.8. The Hall–Kier alpha value is -3.40. The van der Waals surface area contributed by atoms with E-state index in [1.54, 1.807) is 0 Å². The zero-order chi connectivity index (χ0) is 52.5. The van der Waals surface area contributed by atoms with E-state index in [9.17, 15) is 35.7 Å². The Bertz CT molecular complexity index is 1730. The molecule has 392 valence electrons. The van der Waals surface area contributed by atoms with E-state index in [0.717, 1.165) is 22.6 Å². The molecular formula is C51H88N2O15. The molecule has 17 heteroatoms. The molecule has 2 fully saturated rings. The van der Waals surface area contributed by atoms with Gasteiger partial charge in [-0.3, -0.25) is 0 Å². The number of benzene rings is 2. The number of aliphatic hydroxyl groups excluding tert-OH is 8. The van der Waals surface area contributed by atoms with Crippen molar-refractivity contribution in [2.45, 2.75) is 212 Å². The van der Waals surface area contributed by atoms with Gasteiger partial charge in [-0.25, -0.2) is 0 Å². The van der Waals surface area contributed by atoms with Gasteiger partial charge in [0.15, 0.2) is 12.6 Å². The standard InChI is InChI=1S/C16H25NO2.C14H21NO2.C11H22O5.C10H20O6/c1-6-18-12(2)15(17)11-13-7-9-14(10-8-13)19-16(3,4)5;1-10(16)13(15)9-11-5-7-12(8-6-11)17-14(2,3)4;1-5-6-7(12)9(16-11(2,3)4)8(13)10(14)15-6;1-10(2,3)15-4-5-6(11)7(12)8(13)9(14)16-5/h7-10,15H,2,6,11,17H2,1,3-5H3;5-8,13,16H,1,9,15H2,2-4H3;6-10,12-14H,5H2,1-4H3;5-9,11-14H,4H2,1-3H3/t15-;13-;6-,7-,8-,9+,10?;5-,6-,7+,8-,9?/m0011/s1. The molecule has 17 nitrogen and oxygen atoms in total. The molecule has 0 bridgehead atoms. The molecule has 4 rings (SSSR count). The van der Waals surface area contributed by atoms with Crippen LogP contribution in [0.15, 0.2) is 73.2 Å². The third-order valence-corrected chi connectivity index (χ3v) is 9.70. The number of ether oxygens (including phenoxy) is 7. The zero-order valence-corrected chi connectivity index (χ0v) is 43.1. The maximum Gasteiger partial charge on any atom is 0.184 e. The molecule has 0 saturated carbocycles. The number of rotatable bonds is 14. The molecule has 2 aromatic carbocycles. The van der Waals surface area contributed by atoms with Crippen molar-refractivity contribution < 1.29 is 74.0 Å². The summed E-state index contributed by atoms with van der Waals surface area (Å²) in [4.78, 5) is 0. The highest BCUT2D eigenvalue weighted by molar-refractivity contribution is 5.30. The lowest BCUT2D eigenvalue weighted by Gasteiger charge is -2.42. The number of hydrogen-bond donors (Lipinski definition) is 10. The van der Waals surface area contributed by atoms with E-state index in [0.29, 0.717) is 31.6 Å². The lowest BCUT2D eigenvalue weighted by molar-refractivity contribution is -0.302. The van der Waals surface area contributed by atoms with Crippen LogP contribution in [0.3, 0.4) is 0 Å². The highest BCUT2D eigenvalue weighted by Crippen LogP contribution is 2.28. The maximum atomic E-state index is 9.96. The van der Waals surface area contributed by atoms with Crippen LogP contribution in [-0.2, 0) is 36.5 Å². The second-order valence-electron chi connectivity index (χ2n) is 20.8. The minimum absolute atomic E-state index is 0.0139. The molecule has 0 aliphatic carbocycles. The topological polar surface area (TPSA) is 278 Å². The minimum Gasteiger partial charge on any atom is -0.511 e. The van der Waals surface area contributed by atoms with Gasteiger partial charge in [-0.2, -0.15) is 0 Å². The summed E-state index contributed by atoms with van der Waals surface area (Å²) in [5.74, 6) is 2.35. The van der Waals surface area contributed by atoms with Crippen LogP contribution in [0.1, 0.15) is 114 Å². The van der Waals surface area contributed by atoms with Gasteiger partial charge in [0.2, 0.25) is 0 Å². The van der Waals surface area contributed by atoms with Gasteiger partial charge in [0.1, 0.15) is 76.9 Å². The summed E-state index contributed by atoms with van der Waals surface area (Å²) in [6, 6.07) is 15.1. The van der Waals surface area contributed by atoms with E-state index >= 15 is 0 Å². The fraction of sp³-hybridized carbons (Fsp3) is 0.686. The van der Waals surface area contributed by atoms with Crippen LogP contribution in [0, 0.1) is 0 Å². The highest BCUT2D eigenvalue weighted by Gasteiger charge is 2.46. The third-order valence-electron chi connectivity index (χ3n) is 9.70. The molecule has 12 atom stereocenters. The van der Waals surface area contributed by atoms with Gasteiger partial charge in [-0.05, 0) is 145 Å². The van der Waals surface area contributed by atoms with Gasteiger partial charge >= 0.3 is 0 Å². The van der Waals surface area contributed by atoms with Crippen LogP contribution in [0.25, 0.3) is 0 Å². The predicted octanol–water partition coefficient (Wildman–Crippen LogP) is 4.71. The lowest BCUT2D eigenvalue weighted by atomic mass is 9.96. The van der Waals surface area contributed by atoms with Crippen molar-refractivity contribution in [2.24, 2.45) is 11.5 Å². The average molecular weight is 969 g/mol. The van der Waals surface area contributed by atoms with E-state index in [4.69, 9.17) is 49.7 Å². The quantitative estimate of drug-likeness (QED) is 0.115. The molecule has 2 aliphatic heterocycles. The highest BCUT2D eigenvalue weighted by atomic mass is 16.7. The van der Waals surface area contributed by atoms with Crippen molar-refractivity contribution in [3.8, 4) is 11.5 Å².